The third-order valence-corrected chi connectivity index (χ3v) is 7.90. The lowest BCUT2D eigenvalue weighted by Gasteiger charge is -2.23. The van der Waals surface area contributed by atoms with Gasteiger partial charge in [-0.1, -0.05) is 84.9 Å². The van der Waals surface area contributed by atoms with Gasteiger partial charge in [-0.05, 0) is 41.3 Å². The SMILES string of the molecule is CCc1ccc([C@@H]2CC(c3ccccc3)=NN2C2=NC(=O)[C@H](CC(=O)Nc3cc(Cl)ccc3OC)S2)cc1. The second kappa shape index (κ2) is 11.4. The van der Waals surface area contributed by atoms with Crippen LogP contribution in [0.5, 0.6) is 5.75 Å². The van der Waals surface area contributed by atoms with E-state index in [0.29, 0.717) is 28.0 Å². The fraction of sp³-hybridized carbons (Fsp3) is 0.241. The maximum atomic E-state index is 12.9. The summed E-state index contributed by atoms with van der Waals surface area (Å²) < 4.78 is 5.30. The number of nitrogens with one attached hydrogen (secondary N) is 1. The molecule has 2 amide bonds. The Labute approximate surface area is 230 Å². The molecule has 0 aromatic heterocycles. The molecule has 9 heteroatoms. The zero-order valence-corrected chi connectivity index (χ0v) is 22.6. The number of carbonyl (C=O) groups is 2. The summed E-state index contributed by atoms with van der Waals surface area (Å²) in [6, 6.07) is 23.4. The number of benzene rings is 3. The molecule has 194 valence electrons. The Morgan fingerprint density at radius 1 is 1.13 bits per heavy atom. The number of methoxy groups -OCH3 is 1. The molecule has 0 bridgehead atoms. The van der Waals surface area contributed by atoms with Gasteiger partial charge in [-0.3, -0.25) is 9.59 Å². The van der Waals surface area contributed by atoms with Crippen molar-refractivity contribution < 1.29 is 14.3 Å². The zero-order valence-electron chi connectivity index (χ0n) is 21.1. The molecule has 2 aliphatic heterocycles. The van der Waals surface area contributed by atoms with Crippen molar-refractivity contribution >= 4 is 51.7 Å². The summed E-state index contributed by atoms with van der Waals surface area (Å²) >= 11 is 7.35. The van der Waals surface area contributed by atoms with E-state index in [2.05, 4.69) is 41.5 Å². The average molecular weight is 547 g/mol. The minimum atomic E-state index is -0.644. The number of aliphatic imine (C=N–C) groups is 1. The highest BCUT2D eigenvalue weighted by molar-refractivity contribution is 8.15. The van der Waals surface area contributed by atoms with Gasteiger partial charge in [0.2, 0.25) is 5.91 Å². The number of ether oxygens (including phenoxy) is 1. The maximum absolute atomic E-state index is 12.9. The van der Waals surface area contributed by atoms with Gasteiger partial charge in [0, 0.05) is 17.9 Å². The molecule has 1 N–H and O–H groups in total. The lowest BCUT2D eigenvalue weighted by atomic mass is 9.97. The van der Waals surface area contributed by atoms with Crippen molar-refractivity contribution in [3.8, 4) is 5.75 Å². The fourth-order valence-corrected chi connectivity index (χ4v) is 5.71. The zero-order chi connectivity index (χ0) is 26.6. The molecule has 3 aromatic rings. The summed E-state index contributed by atoms with van der Waals surface area (Å²) in [6.07, 6.45) is 1.61. The molecule has 0 aliphatic carbocycles. The predicted octanol–water partition coefficient (Wildman–Crippen LogP) is 6.09. The minimum absolute atomic E-state index is 0.0366. The number of rotatable bonds is 7. The van der Waals surface area contributed by atoms with Crippen LogP contribution < -0.4 is 10.1 Å². The van der Waals surface area contributed by atoms with Crippen molar-refractivity contribution in [2.75, 3.05) is 12.4 Å². The monoisotopic (exact) mass is 546 g/mol. The van der Waals surface area contributed by atoms with Crippen molar-refractivity contribution in [1.82, 2.24) is 5.01 Å². The number of thioether (sulfide) groups is 1. The Morgan fingerprint density at radius 3 is 2.61 bits per heavy atom. The predicted molar refractivity (Wildman–Crippen MR) is 153 cm³/mol. The van der Waals surface area contributed by atoms with Crippen LogP contribution in [0.15, 0.2) is 82.9 Å². The number of aryl methyl sites for hydroxylation is 1. The molecule has 2 aliphatic rings. The Balaban J connectivity index is 1.34. The van der Waals surface area contributed by atoms with Crippen LogP contribution in [-0.4, -0.2) is 40.1 Å². The molecule has 2 heterocycles. The number of amides is 2. The van der Waals surface area contributed by atoms with Gasteiger partial charge >= 0.3 is 0 Å². The Kier molecular flexibility index (Phi) is 7.81. The van der Waals surface area contributed by atoms with E-state index in [0.717, 1.165) is 23.3 Å². The van der Waals surface area contributed by atoms with E-state index < -0.39 is 5.25 Å². The third kappa shape index (κ3) is 5.61. The van der Waals surface area contributed by atoms with E-state index in [4.69, 9.17) is 21.4 Å². The van der Waals surface area contributed by atoms with E-state index in [1.807, 2.05) is 35.3 Å². The molecular formula is C29H27ClN4O3S. The highest BCUT2D eigenvalue weighted by Gasteiger charge is 2.39. The number of hydrogen-bond acceptors (Lipinski definition) is 6. The molecule has 0 saturated heterocycles. The van der Waals surface area contributed by atoms with Crippen LogP contribution in [0.4, 0.5) is 5.69 Å². The van der Waals surface area contributed by atoms with Gasteiger partial charge in [0.25, 0.3) is 5.91 Å². The van der Waals surface area contributed by atoms with Gasteiger partial charge in [0.1, 0.15) is 11.0 Å². The van der Waals surface area contributed by atoms with Crippen LogP contribution in [0.1, 0.15) is 42.5 Å². The number of hydrogen-bond donors (Lipinski definition) is 1. The summed E-state index contributed by atoms with van der Waals surface area (Å²) in [5.74, 6) is -0.182. The standard InChI is InChI=1S/C29H27ClN4O3S/c1-3-18-9-11-20(12-10-18)24-16-22(19-7-5-4-6-8-19)33-34(24)29-32-28(36)26(38-29)17-27(35)31-23-15-21(30)13-14-25(23)37-2/h4-15,24,26H,3,16-17H2,1-2H3,(H,31,35)/t24-,26-/m0/s1. The number of amidine groups is 1. The lowest BCUT2D eigenvalue weighted by Crippen LogP contribution is -2.25. The molecule has 38 heavy (non-hydrogen) atoms. The van der Waals surface area contributed by atoms with Crippen LogP contribution in [0.3, 0.4) is 0 Å². The first-order valence-electron chi connectivity index (χ1n) is 12.4. The first kappa shape index (κ1) is 26.0. The number of nitrogens with zero attached hydrogens (tertiary/aromatic N) is 3. The smallest absolute Gasteiger partial charge is 0.262 e. The second-order valence-corrected chi connectivity index (χ2v) is 10.6. The molecule has 7 nitrogen and oxygen atoms in total. The fourth-order valence-electron chi connectivity index (χ4n) is 4.48. The first-order valence-corrected chi connectivity index (χ1v) is 13.6. The molecule has 2 atom stereocenters. The summed E-state index contributed by atoms with van der Waals surface area (Å²) in [7, 11) is 1.52. The van der Waals surface area contributed by atoms with E-state index in [-0.39, 0.29) is 24.3 Å². The highest BCUT2D eigenvalue weighted by Crippen LogP contribution is 2.39. The minimum Gasteiger partial charge on any atom is -0.495 e. The summed E-state index contributed by atoms with van der Waals surface area (Å²) in [4.78, 5) is 30.0. The van der Waals surface area contributed by atoms with Crippen molar-refractivity contribution in [1.29, 1.82) is 0 Å². The van der Waals surface area contributed by atoms with Crippen LogP contribution in [0.2, 0.25) is 5.02 Å². The quantitative estimate of drug-likeness (QED) is 0.388. The average Bonchev–Trinajstić information content (AvgIpc) is 3.53. The summed E-state index contributed by atoms with van der Waals surface area (Å²) in [6.45, 7) is 2.13. The van der Waals surface area contributed by atoms with E-state index in [1.54, 1.807) is 18.2 Å². The lowest BCUT2D eigenvalue weighted by molar-refractivity contribution is -0.121. The normalized spacial score (nSPS) is 18.8. The van der Waals surface area contributed by atoms with Gasteiger partial charge in [-0.25, -0.2) is 5.01 Å². The van der Waals surface area contributed by atoms with Crippen molar-refractivity contribution in [2.24, 2.45) is 10.1 Å². The molecule has 5 rings (SSSR count). The summed E-state index contributed by atoms with van der Waals surface area (Å²) in [5.41, 5.74) is 4.77. The van der Waals surface area contributed by atoms with Gasteiger partial charge < -0.3 is 10.1 Å². The van der Waals surface area contributed by atoms with Crippen LogP contribution >= 0.6 is 23.4 Å². The number of hydrazone groups is 1. The van der Waals surface area contributed by atoms with Crippen molar-refractivity contribution in [2.45, 2.75) is 37.5 Å². The van der Waals surface area contributed by atoms with Gasteiger partial charge in [0.05, 0.1) is 24.6 Å². The van der Waals surface area contributed by atoms with Crippen molar-refractivity contribution in [3.05, 3.63) is 94.5 Å². The Hall–Kier alpha value is -3.62. The molecule has 3 aromatic carbocycles. The van der Waals surface area contributed by atoms with Gasteiger partial charge in [-0.15, -0.1) is 0 Å². The van der Waals surface area contributed by atoms with E-state index in [1.165, 1.54) is 24.4 Å². The second-order valence-electron chi connectivity index (χ2n) is 9.01. The summed E-state index contributed by atoms with van der Waals surface area (Å²) in [5, 5.41) is 9.87. The van der Waals surface area contributed by atoms with E-state index >= 15 is 0 Å². The number of halogens is 1. The Morgan fingerprint density at radius 2 is 1.89 bits per heavy atom. The van der Waals surface area contributed by atoms with Crippen LogP contribution in [0.25, 0.3) is 0 Å². The van der Waals surface area contributed by atoms with Crippen LogP contribution in [0, 0.1) is 0 Å². The van der Waals surface area contributed by atoms with Gasteiger partial charge in [0.15, 0.2) is 5.17 Å². The number of anilines is 1. The first-order chi connectivity index (χ1) is 18.4. The molecular weight excluding hydrogens is 520 g/mol. The number of carbonyl (C=O) groups excluding carboxylic acids is 2. The topological polar surface area (TPSA) is 83.4 Å². The molecule has 0 fully saturated rings. The maximum Gasteiger partial charge on any atom is 0.262 e. The van der Waals surface area contributed by atoms with E-state index in [9.17, 15) is 9.59 Å². The van der Waals surface area contributed by atoms with Crippen molar-refractivity contribution in [3.63, 3.8) is 0 Å². The molecule has 0 saturated carbocycles. The van der Waals surface area contributed by atoms with Crippen LogP contribution in [-0.2, 0) is 16.0 Å². The Bertz CT molecular complexity index is 1410. The largest absolute Gasteiger partial charge is 0.495 e. The molecule has 0 spiro atoms. The molecule has 0 unspecified atom stereocenters. The highest BCUT2D eigenvalue weighted by atomic mass is 35.5. The molecule has 0 radical (unpaired) electrons. The van der Waals surface area contributed by atoms with Gasteiger partial charge in [-0.2, -0.15) is 10.1 Å². The third-order valence-electron chi connectivity index (χ3n) is 6.52.